The van der Waals surface area contributed by atoms with E-state index >= 15 is 0 Å². The number of benzene rings is 2. The van der Waals surface area contributed by atoms with Crippen molar-refractivity contribution in [3.8, 4) is 11.1 Å². The van der Waals surface area contributed by atoms with Gasteiger partial charge in [-0.15, -0.1) is 0 Å². The molecule has 1 heteroatoms. The highest BCUT2D eigenvalue weighted by Crippen LogP contribution is 2.57. The second kappa shape index (κ2) is 4.07. The van der Waals surface area contributed by atoms with Crippen LogP contribution in [0.5, 0.6) is 0 Å². The molecule has 0 saturated heterocycles. The number of hydrogen-bond acceptors (Lipinski definition) is 1. The van der Waals surface area contributed by atoms with E-state index in [0.717, 1.165) is 6.42 Å². The Morgan fingerprint density at radius 1 is 1.10 bits per heavy atom. The highest BCUT2D eigenvalue weighted by Gasteiger charge is 2.52. The summed E-state index contributed by atoms with van der Waals surface area (Å²) in [6.45, 7) is 6.47. The summed E-state index contributed by atoms with van der Waals surface area (Å²) in [6, 6.07) is 13.1. The van der Waals surface area contributed by atoms with Crippen molar-refractivity contribution in [2.75, 3.05) is 0 Å². The van der Waals surface area contributed by atoms with Crippen LogP contribution in [0.15, 0.2) is 36.4 Å². The third kappa shape index (κ3) is 1.49. The van der Waals surface area contributed by atoms with Crippen molar-refractivity contribution in [3.63, 3.8) is 0 Å². The summed E-state index contributed by atoms with van der Waals surface area (Å²) in [5.74, 6) is 0.755. The lowest BCUT2D eigenvalue weighted by atomic mass is 9.62. The van der Waals surface area contributed by atoms with Gasteiger partial charge in [0.05, 0.1) is 5.41 Å². The Hall–Kier alpha value is -1.89. The minimum atomic E-state index is -0.332. The van der Waals surface area contributed by atoms with Gasteiger partial charge < -0.3 is 0 Å². The van der Waals surface area contributed by atoms with Crippen molar-refractivity contribution in [3.05, 3.63) is 58.7 Å². The maximum atomic E-state index is 12.7. The molecule has 4 rings (SSSR count). The van der Waals surface area contributed by atoms with Gasteiger partial charge in [0.2, 0.25) is 0 Å². The third-order valence-corrected chi connectivity index (χ3v) is 5.56. The van der Waals surface area contributed by atoms with Gasteiger partial charge in [-0.2, -0.15) is 0 Å². The zero-order valence-electron chi connectivity index (χ0n) is 12.9. The van der Waals surface area contributed by atoms with Crippen LogP contribution in [-0.4, -0.2) is 5.78 Å². The largest absolute Gasteiger partial charge is 0.299 e. The molecule has 0 N–H and O–H groups in total. The molecule has 2 atom stereocenters. The van der Waals surface area contributed by atoms with E-state index in [-0.39, 0.29) is 5.41 Å². The highest BCUT2D eigenvalue weighted by molar-refractivity contribution is 5.98. The SMILES string of the molecule is Cc1cc(C)c2c(c1)-c1ccccc1[C@H]1CCC(=O)[C@]21C. The molecule has 0 aliphatic heterocycles. The maximum absolute atomic E-state index is 12.7. The van der Waals surface area contributed by atoms with Crippen molar-refractivity contribution in [1.82, 2.24) is 0 Å². The summed E-state index contributed by atoms with van der Waals surface area (Å²) in [4.78, 5) is 12.7. The molecule has 2 aromatic carbocycles. The van der Waals surface area contributed by atoms with Gasteiger partial charge in [0.15, 0.2) is 0 Å². The lowest BCUT2D eigenvalue weighted by Gasteiger charge is -2.40. The van der Waals surface area contributed by atoms with Crippen molar-refractivity contribution in [2.45, 2.75) is 44.9 Å². The quantitative estimate of drug-likeness (QED) is 0.682. The minimum absolute atomic E-state index is 0.332. The molecule has 0 spiro atoms. The first kappa shape index (κ1) is 12.8. The normalized spacial score (nSPS) is 26.2. The lowest BCUT2D eigenvalue weighted by molar-refractivity contribution is -0.122. The molecule has 0 bridgehead atoms. The standard InChI is InChI=1S/C20H20O/c1-12-10-13(2)19-16(11-12)14-6-4-5-7-15(14)17-8-9-18(21)20(17,19)3/h4-7,10-11,17H,8-9H2,1-3H3/t17-,20-/m1/s1. The molecule has 106 valence electrons. The topological polar surface area (TPSA) is 17.1 Å². The predicted molar refractivity (Wildman–Crippen MR) is 85.7 cm³/mol. The minimum Gasteiger partial charge on any atom is -0.299 e. The Morgan fingerprint density at radius 2 is 1.86 bits per heavy atom. The smallest absolute Gasteiger partial charge is 0.143 e. The Kier molecular flexibility index (Phi) is 2.48. The van der Waals surface area contributed by atoms with Gasteiger partial charge in [-0.25, -0.2) is 0 Å². The van der Waals surface area contributed by atoms with Crippen LogP contribution in [0.4, 0.5) is 0 Å². The first-order valence-corrected chi connectivity index (χ1v) is 7.78. The second-order valence-electron chi connectivity index (χ2n) is 6.81. The average Bonchev–Trinajstić information content (AvgIpc) is 2.75. The Balaban J connectivity index is 2.15. The molecule has 1 nitrogen and oxygen atoms in total. The van der Waals surface area contributed by atoms with Crippen LogP contribution >= 0.6 is 0 Å². The van der Waals surface area contributed by atoms with E-state index in [4.69, 9.17) is 0 Å². The predicted octanol–water partition coefficient (Wildman–Crippen LogP) is 4.69. The van der Waals surface area contributed by atoms with E-state index < -0.39 is 0 Å². The van der Waals surface area contributed by atoms with Gasteiger partial charge in [0, 0.05) is 12.3 Å². The van der Waals surface area contributed by atoms with Crippen LogP contribution in [-0.2, 0) is 10.2 Å². The lowest BCUT2D eigenvalue weighted by Crippen LogP contribution is -2.36. The van der Waals surface area contributed by atoms with Crippen molar-refractivity contribution in [2.24, 2.45) is 0 Å². The Morgan fingerprint density at radius 3 is 2.67 bits per heavy atom. The molecule has 1 fully saturated rings. The maximum Gasteiger partial charge on any atom is 0.143 e. The first-order valence-electron chi connectivity index (χ1n) is 7.78. The number of ketones is 1. The molecule has 0 amide bonds. The second-order valence-corrected chi connectivity index (χ2v) is 6.81. The van der Waals surface area contributed by atoms with E-state index in [1.165, 1.54) is 33.4 Å². The van der Waals surface area contributed by atoms with E-state index in [1.54, 1.807) is 0 Å². The number of carbonyl (C=O) groups is 1. The third-order valence-electron chi connectivity index (χ3n) is 5.56. The number of aryl methyl sites for hydroxylation is 2. The molecule has 0 aromatic heterocycles. The van der Waals surface area contributed by atoms with Gasteiger partial charge in [0.25, 0.3) is 0 Å². The summed E-state index contributed by atoms with van der Waals surface area (Å²) in [6.07, 6.45) is 1.70. The molecule has 0 unspecified atom stereocenters. The molecular weight excluding hydrogens is 256 g/mol. The molecular formula is C20H20O. The monoisotopic (exact) mass is 276 g/mol. The fraction of sp³-hybridized carbons (Fsp3) is 0.350. The molecule has 2 aliphatic rings. The highest BCUT2D eigenvalue weighted by atomic mass is 16.1. The van der Waals surface area contributed by atoms with Gasteiger partial charge in [0.1, 0.15) is 5.78 Å². The van der Waals surface area contributed by atoms with Gasteiger partial charge >= 0.3 is 0 Å². The van der Waals surface area contributed by atoms with Crippen LogP contribution in [0.25, 0.3) is 11.1 Å². The van der Waals surface area contributed by atoms with Crippen molar-refractivity contribution in [1.29, 1.82) is 0 Å². The Labute approximate surface area is 126 Å². The molecule has 0 heterocycles. The van der Waals surface area contributed by atoms with E-state index in [0.29, 0.717) is 18.1 Å². The zero-order valence-corrected chi connectivity index (χ0v) is 12.9. The molecule has 2 aromatic rings. The zero-order chi connectivity index (χ0) is 14.8. The number of carbonyl (C=O) groups excluding carboxylic acids is 1. The molecule has 2 aliphatic carbocycles. The van der Waals surface area contributed by atoms with Gasteiger partial charge in [-0.05, 0) is 55.0 Å². The first-order chi connectivity index (χ1) is 10.0. The molecule has 21 heavy (non-hydrogen) atoms. The summed E-state index contributed by atoms with van der Waals surface area (Å²) in [5, 5.41) is 0. The van der Waals surface area contributed by atoms with Crippen LogP contribution in [0.2, 0.25) is 0 Å². The van der Waals surface area contributed by atoms with Crippen LogP contribution < -0.4 is 0 Å². The molecule has 1 saturated carbocycles. The number of hydrogen-bond donors (Lipinski definition) is 0. The summed E-state index contributed by atoms with van der Waals surface area (Å²) in [5.41, 5.74) is 7.45. The van der Waals surface area contributed by atoms with Crippen molar-refractivity contribution < 1.29 is 4.79 Å². The average molecular weight is 276 g/mol. The van der Waals surface area contributed by atoms with E-state index in [2.05, 4.69) is 57.2 Å². The summed E-state index contributed by atoms with van der Waals surface area (Å²) in [7, 11) is 0. The molecule has 0 radical (unpaired) electrons. The van der Waals surface area contributed by atoms with Gasteiger partial charge in [-0.3, -0.25) is 4.79 Å². The van der Waals surface area contributed by atoms with Crippen molar-refractivity contribution >= 4 is 5.78 Å². The fourth-order valence-corrected chi connectivity index (χ4v) is 4.71. The summed E-state index contributed by atoms with van der Waals surface area (Å²) >= 11 is 0. The van der Waals surface area contributed by atoms with Crippen LogP contribution in [0.1, 0.15) is 47.9 Å². The van der Waals surface area contributed by atoms with E-state index in [1.807, 2.05) is 0 Å². The van der Waals surface area contributed by atoms with E-state index in [9.17, 15) is 4.79 Å². The van der Waals surface area contributed by atoms with Crippen LogP contribution in [0.3, 0.4) is 0 Å². The number of fused-ring (bicyclic) bond motifs is 6. The fourth-order valence-electron chi connectivity index (χ4n) is 4.71. The number of rotatable bonds is 0. The van der Waals surface area contributed by atoms with Gasteiger partial charge in [-0.1, -0.05) is 42.0 Å². The summed E-state index contributed by atoms with van der Waals surface area (Å²) < 4.78 is 0. The number of Topliss-reactive ketones (excluding diaryl/α,β-unsaturated/α-hetero) is 1. The Bertz CT molecular complexity index is 771. The van der Waals surface area contributed by atoms with Crippen LogP contribution in [0, 0.1) is 13.8 Å².